The predicted octanol–water partition coefficient (Wildman–Crippen LogP) is 2.13. The topological polar surface area (TPSA) is 193 Å². The first-order valence-electron chi connectivity index (χ1n) is 5.71. The van der Waals surface area contributed by atoms with Crippen molar-refractivity contribution in [2.24, 2.45) is 20.8 Å². The zero-order valence-electron chi connectivity index (χ0n) is 11.4. The van der Waals surface area contributed by atoms with Crippen LogP contribution in [0.4, 0.5) is 0 Å². The molecule has 0 aliphatic rings. The fraction of sp³-hybridized carbons (Fsp3) is 1.00. The zero-order valence-corrected chi connectivity index (χ0v) is 11.4. The Balaban J connectivity index is 5.81. The van der Waals surface area contributed by atoms with Crippen molar-refractivity contribution in [3.63, 3.8) is 0 Å². The van der Waals surface area contributed by atoms with Crippen LogP contribution in [0.25, 0.3) is 20.9 Å². The van der Waals surface area contributed by atoms with Gasteiger partial charge in [-0.25, -0.2) is 0 Å². The van der Waals surface area contributed by atoms with Gasteiger partial charge in [-0.3, -0.25) is 0 Å². The van der Waals surface area contributed by atoms with Gasteiger partial charge in [-0.1, -0.05) is 10.2 Å². The van der Waals surface area contributed by atoms with Gasteiger partial charge in [0.1, 0.15) is 13.2 Å². The number of rotatable bonds is 10. The molecule has 0 spiro atoms. The largest absolute Gasteiger partial charge is 0.592 e. The van der Waals surface area contributed by atoms with Crippen molar-refractivity contribution in [2.75, 3.05) is 26.3 Å². The molecule has 0 saturated heterocycles. The first kappa shape index (κ1) is 18.0. The van der Waals surface area contributed by atoms with E-state index in [9.17, 15) is 10.4 Å². The van der Waals surface area contributed by atoms with Gasteiger partial charge in [-0.2, -0.15) is 0 Å². The summed E-state index contributed by atoms with van der Waals surface area (Å²) in [7, 11) is 0. The lowest BCUT2D eigenvalue weighted by molar-refractivity contribution is -0.840. The smallest absolute Gasteiger partial charge is 0.435 e. The second-order valence-corrected chi connectivity index (χ2v) is 3.31. The standard InChI is InChI=1S/C7H14N10O4/c1-3-20-14-16(18)7(5-10-12-8,6-11-13-9)17(19)15-21-4-2/h3-6H2,1-2H3. The first-order chi connectivity index (χ1) is 10.1. The molecule has 0 unspecified atom stereocenters. The summed E-state index contributed by atoms with van der Waals surface area (Å²) >= 11 is 0. The van der Waals surface area contributed by atoms with E-state index in [0.717, 1.165) is 0 Å². The van der Waals surface area contributed by atoms with Crippen molar-refractivity contribution >= 4 is 0 Å². The van der Waals surface area contributed by atoms with E-state index in [4.69, 9.17) is 11.1 Å². The third kappa shape index (κ3) is 5.26. The third-order valence-corrected chi connectivity index (χ3v) is 2.01. The third-order valence-electron chi connectivity index (χ3n) is 2.01. The number of hydrogen-bond acceptors (Lipinski definition) is 8. The lowest BCUT2D eigenvalue weighted by Crippen LogP contribution is -2.52. The maximum Gasteiger partial charge on any atom is 0.435 e. The van der Waals surface area contributed by atoms with E-state index in [2.05, 4.69) is 40.3 Å². The highest BCUT2D eigenvalue weighted by Gasteiger charge is 2.52. The molecule has 0 atom stereocenters. The minimum Gasteiger partial charge on any atom is -0.592 e. The molecule has 0 bridgehead atoms. The van der Waals surface area contributed by atoms with Gasteiger partial charge in [0.05, 0.1) is 0 Å². The van der Waals surface area contributed by atoms with Crippen LogP contribution < -0.4 is 0 Å². The van der Waals surface area contributed by atoms with Crippen molar-refractivity contribution in [2.45, 2.75) is 19.5 Å². The van der Waals surface area contributed by atoms with E-state index in [1.54, 1.807) is 13.8 Å². The fourth-order valence-electron chi connectivity index (χ4n) is 1.03. The molecule has 0 radical (unpaired) electrons. The maximum atomic E-state index is 11.9. The van der Waals surface area contributed by atoms with Crippen LogP contribution in [0.2, 0.25) is 0 Å². The van der Waals surface area contributed by atoms with Gasteiger partial charge in [-0.05, 0) is 24.9 Å². The molecule has 116 valence electrons. The number of hydrogen-bond donors (Lipinski definition) is 0. The molecule has 0 saturated carbocycles. The second-order valence-electron chi connectivity index (χ2n) is 3.31. The summed E-state index contributed by atoms with van der Waals surface area (Å²) < 4.78 is 0. The van der Waals surface area contributed by atoms with Crippen LogP contribution in [0.3, 0.4) is 0 Å². The van der Waals surface area contributed by atoms with Gasteiger partial charge in [0, 0.05) is 19.5 Å². The summed E-state index contributed by atoms with van der Waals surface area (Å²) in [6, 6.07) is 0. The van der Waals surface area contributed by atoms with Gasteiger partial charge in [0.15, 0.2) is 13.1 Å². The van der Waals surface area contributed by atoms with Crippen molar-refractivity contribution in [1.29, 1.82) is 0 Å². The van der Waals surface area contributed by atoms with Crippen molar-refractivity contribution in [1.82, 2.24) is 0 Å². The molecule has 0 aromatic heterocycles. The van der Waals surface area contributed by atoms with Crippen LogP contribution in [0.15, 0.2) is 20.8 Å². The molecule has 0 aliphatic carbocycles. The van der Waals surface area contributed by atoms with E-state index in [1.165, 1.54) is 0 Å². The van der Waals surface area contributed by atoms with Crippen LogP contribution in [-0.4, -0.2) is 41.7 Å². The molecule has 14 heteroatoms. The SMILES string of the molecule is CCON=[N+]([O-])C(CN=[N+]=[N-])(CN=[N+]=[N-])[N+]([O-])=NOCC. The van der Waals surface area contributed by atoms with Gasteiger partial charge >= 0.3 is 5.66 Å². The Labute approximate surface area is 118 Å². The average Bonchev–Trinajstić information content (AvgIpc) is 2.50. The van der Waals surface area contributed by atoms with Crippen LogP contribution in [0, 0.1) is 10.4 Å². The average molecular weight is 302 g/mol. The molecular weight excluding hydrogens is 288 g/mol. The van der Waals surface area contributed by atoms with Crippen LogP contribution in [0.5, 0.6) is 0 Å². The van der Waals surface area contributed by atoms with E-state index in [-0.39, 0.29) is 22.9 Å². The van der Waals surface area contributed by atoms with Gasteiger partial charge in [-0.15, -0.1) is 0 Å². The minimum absolute atomic E-state index is 0.0549. The molecule has 0 aliphatic heterocycles. The Morgan fingerprint density at radius 2 is 1.33 bits per heavy atom. The Morgan fingerprint density at radius 3 is 1.62 bits per heavy atom. The summed E-state index contributed by atoms with van der Waals surface area (Å²) in [4.78, 5) is 13.6. The zero-order chi connectivity index (χ0) is 16.1. The summed E-state index contributed by atoms with van der Waals surface area (Å²) in [6.45, 7) is 1.81. The van der Waals surface area contributed by atoms with Gasteiger partial charge < -0.3 is 20.1 Å². The Bertz CT molecular complexity index is 434. The Hall–Kier alpha value is -2.98. The minimum atomic E-state index is -2.25. The monoisotopic (exact) mass is 302 g/mol. The summed E-state index contributed by atoms with van der Waals surface area (Å²) in [5, 5.41) is 36.4. The quantitative estimate of drug-likeness (QED) is 0.149. The Kier molecular flexibility index (Phi) is 8.48. The van der Waals surface area contributed by atoms with E-state index >= 15 is 0 Å². The highest BCUT2D eigenvalue weighted by molar-refractivity contribution is 4.73. The molecule has 0 amide bonds. The normalized spacial score (nSPS) is 14.4. The highest BCUT2D eigenvalue weighted by Crippen LogP contribution is 2.16. The van der Waals surface area contributed by atoms with Crippen LogP contribution >= 0.6 is 0 Å². The maximum absolute atomic E-state index is 11.9. The van der Waals surface area contributed by atoms with Crippen molar-refractivity contribution < 1.29 is 19.4 Å². The van der Waals surface area contributed by atoms with E-state index < -0.39 is 18.8 Å². The molecular formula is C7H14N10O4. The van der Waals surface area contributed by atoms with E-state index in [0.29, 0.717) is 0 Å². The molecule has 21 heavy (non-hydrogen) atoms. The van der Waals surface area contributed by atoms with Gasteiger partial charge in [0.2, 0.25) is 10.6 Å². The molecule has 0 rings (SSSR count). The van der Waals surface area contributed by atoms with Crippen molar-refractivity contribution in [3.8, 4) is 0 Å². The highest BCUT2D eigenvalue weighted by atomic mass is 16.7. The van der Waals surface area contributed by atoms with Crippen molar-refractivity contribution in [3.05, 3.63) is 31.3 Å². The lowest BCUT2D eigenvalue weighted by Gasteiger charge is -2.20. The lowest BCUT2D eigenvalue weighted by atomic mass is 10.2. The molecule has 0 aromatic rings. The van der Waals surface area contributed by atoms with E-state index in [1.807, 2.05) is 0 Å². The fourth-order valence-corrected chi connectivity index (χ4v) is 1.03. The Morgan fingerprint density at radius 1 is 0.952 bits per heavy atom. The summed E-state index contributed by atoms with van der Waals surface area (Å²) in [5.74, 6) is 0. The predicted molar refractivity (Wildman–Crippen MR) is 66.1 cm³/mol. The van der Waals surface area contributed by atoms with Crippen LogP contribution in [0.1, 0.15) is 13.8 Å². The molecule has 0 N–H and O–H groups in total. The van der Waals surface area contributed by atoms with Gasteiger partial charge in [0.25, 0.3) is 0 Å². The first-order valence-corrected chi connectivity index (χ1v) is 5.71. The number of hydroxylamine groups is 2. The summed E-state index contributed by atoms with van der Waals surface area (Å²) in [6.07, 6.45) is 0. The molecule has 0 heterocycles. The number of nitrogens with zero attached hydrogens (tertiary/aromatic N) is 10. The molecule has 14 nitrogen and oxygen atoms in total. The molecule has 0 fully saturated rings. The second kappa shape index (κ2) is 9.89. The summed E-state index contributed by atoms with van der Waals surface area (Å²) in [5.41, 5.74) is 14.5. The molecule has 0 aromatic carbocycles. The number of azide groups is 2. The van der Waals surface area contributed by atoms with Crippen LogP contribution in [-0.2, 0) is 9.68 Å².